The third kappa shape index (κ3) is 2.21. The first kappa shape index (κ1) is 12.6. The fourth-order valence-corrected chi connectivity index (χ4v) is 3.33. The largest absolute Gasteiger partial charge is 0.476 e. The lowest BCUT2D eigenvalue weighted by Gasteiger charge is -2.12. The second kappa shape index (κ2) is 4.61. The third-order valence-electron chi connectivity index (χ3n) is 1.70. The minimum atomic E-state index is -3.87. The van der Waals surface area contributed by atoms with E-state index in [1.54, 1.807) is 0 Å². The zero-order chi connectivity index (χ0) is 12.3. The topological polar surface area (TPSA) is 87.6 Å². The van der Waals surface area contributed by atoms with Crippen molar-refractivity contribution in [2.24, 2.45) is 0 Å². The van der Waals surface area contributed by atoms with Crippen molar-refractivity contribution < 1.29 is 18.3 Å². The second-order valence-electron chi connectivity index (χ2n) is 2.76. The quantitative estimate of drug-likeness (QED) is 0.775. The van der Waals surface area contributed by atoms with Crippen molar-refractivity contribution >= 4 is 27.3 Å². The minimum Gasteiger partial charge on any atom is -0.476 e. The maximum atomic E-state index is 11.8. The van der Waals surface area contributed by atoms with Crippen LogP contribution >= 0.6 is 11.3 Å². The number of aromatic carboxylic acids is 1. The summed E-state index contributed by atoms with van der Waals surface area (Å²) in [7, 11) is -2.59. The van der Waals surface area contributed by atoms with Crippen LogP contribution in [0.3, 0.4) is 0 Å². The molecule has 0 atom stereocenters. The maximum Gasteiger partial charge on any atom is 0.356 e. The summed E-state index contributed by atoms with van der Waals surface area (Å²) in [5, 5.41) is 8.75. The van der Waals surface area contributed by atoms with Crippen molar-refractivity contribution in [1.82, 2.24) is 9.29 Å². The summed E-state index contributed by atoms with van der Waals surface area (Å²) in [6.45, 7) is -0.126. The Hall–Kier alpha value is -1.43. The molecule has 1 N–H and O–H groups in total. The van der Waals surface area contributed by atoms with E-state index in [1.165, 1.54) is 12.6 Å². The molecule has 0 bridgehead atoms. The summed E-state index contributed by atoms with van der Waals surface area (Å²) in [5.41, 5.74) is 0.689. The number of terminal acetylenes is 1. The molecule has 0 amide bonds. The molecule has 1 aromatic rings. The molecule has 8 heteroatoms. The van der Waals surface area contributed by atoms with Crippen LogP contribution < -0.4 is 0 Å². The van der Waals surface area contributed by atoms with E-state index in [2.05, 4.69) is 10.9 Å². The molecule has 0 fully saturated rings. The first-order valence-corrected chi connectivity index (χ1v) is 6.29. The molecule has 0 aliphatic carbocycles. The number of sulfonamides is 1. The SMILES string of the molecule is C#CCN(C)S(=O)(=O)c1scnc1C(=O)O. The normalized spacial score (nSPS) is 11.3. The first-order chi connectivity index (χ1) is 7.41. The molecule has 86 valence electrons. The van der Waals surface area contributed by atoms with Crippen molar-refractivity contribution in [3.05, 3.63) is 11.2 Å². The van der Waals surface area contributed by atoms with Gasteiger partial charge in [-0.25, -0.2) is 18.2 Å². The molecule has 0 aliphatic rings. The van der Waals surface area contributed by atoms with Crippen LogP contribution in [-0.2, 0) is 10.0 Å². The van der Waals surface area contributed by atoms with E-state index in [9.17, 15) is 13.2 Å². The van der Waals surface area contributed by atoms with Gasteiger partial charge in [-0.2, -0.15) is 4.31 Å². The lowest BCUT2D eigenvalue weighted by Crippen LogP contribution is -2.27. The van der Waals surface area contributed by atoms with Crippen molar-refractivity contribution in [3.63, 3.8) is 0 Å². The van der Waals surface area contributed by atoms with Gasteiger partial charge in [0.1, 0.15) is 0 Å². The maximum absolute atomic E-state index is 11.8. The molecule has 0 radical (unpaired) electrons. The van der Waals surface area contributed by atoms with E-state index in [1.807, 2.05) is 0 Å². The average Bonchev–Trinajstić information content (AvgIpc) is 2.66. The highest BCUT2D eigenvalue weighted by atomic mass is 32.2. The Bertz CT molecular complexity index is 541. The van der Waals surface area contributed by atoms with Crippen molar-refractivity contribution in [1.29, 1.82) is 0 Å². The van der Waals surface area contributed by atoms with Gasteiger partial charge in [-0.1, -0.05) is 5.92 Å². The van der Waals surface area contributed by atoms with Gasteiger partial charge < -0.3 is 5.11 Å². The molecule has 0 saturated heterocycles. The first-order valence-electron chi connectivity index (χ1n) is 3.98. The summed E-state index contributed by atoms with van der Waals surface area (Å²) in [5.74, 6) is 0.787. The highest BCUT2D eigenvalue weighted by Gasteiger charge is 2.28. The predicted octanol–water partition coefficient (Wildman–Crippen LogP) is 0.0950. The lowest BCUT2D eigenvalue weighted by molar-refractivity contribution is 0.0687. The molecule has 16 heavy (non-hydrogen) atoms. The van der Waals surface area contributed by atoms with Crippen LogP contribution in [0, 0.1) is 12.3 Å². The number of carbonyl (C=O) groups is 1. The Morgan fingerprint density at radius 2 is 2.38 bits per heavy atom. The minimum absolute atomic E-state index is 0.126. The van der Waals surface area contributed by atoms with E-state index in [-0.39, 0.29) is 10.8 Å². The highest BCUT2D eigenvalue weighted by Crippen LogP contribution is 2.22. The third-order valence-corrected chi connectivity index (χ3v) is 4.85. The van der Waals surface area contributed by atoms with Crippen LogP contribution in [0.2, 0.25) is 0 Å². The summed E-state index contributed by atoms with van der Waals surface area (Å²) >= 11 is 0.749. The number of aromatic nitrogens is 1. The van der Waals surface area contributed by atoms with Gasteiger partial charge in [-0.05, 0) is 0 Å². The average molecular weight is 260 g/mol. The van der Waals surface area contributed by atoms with Crippen LogP contribution in [0.5, 0.6) is 0 Å². The lowest BCUT2D eigenvalue weighted by atomic mass is 10.5. The Morgan fingerprint density at radius 3 is 2.88 bits per heavy atom. The van der Waals surface area contributed by atoms with Gasteiger partial charge in [0.2, 0.25) is 0 Å². The molecule has 0 spiro atoms. The van der Waals surface area contributed by atoms with Crippen LogP contribution in [0.4, 0.5) is 0 Å². The number of hydrogen-bond donors (Lipinski definition) is 1. The molecule has 6 nitrogen and oxygen atoms in total. The Labute approximate surface area is 96.6 Å². The summed E-state index contributed by atoms with van der Waals surface area (Å²) in [6.07, 6.45) is 4.99. The molecule has 0 unspecified atom stereocenters. The molecule has 0 aromatic carbocycles. The van der Waals surface area contributed by atoms with Gasteiger partial charge in [-0.3, -0.25) is 0 Å². The summed E-state index contributed by atoms with van der Waals surface area (Å²) in [6, 6.07) is 0. The predicted molar refractivity (Wildman–Crippen MR) is 57.7 cm³/mol. The Morgan fingerprint density at radius 1 is 1.75 bits per heavy atom. The molecule has 1 rings (SSSR count). The molecule has 1 aromatic heterocycles. The van der Waals surface area contributed by atoms with E-state index in [0.29, 0.717) is 0 Å². The van der Waals surface area contributed by atoms with Gasteiger partial charge in [0.05, 0.1) is 12.1 Å². The van der Waals surface area contributed by atoms with E-state index < -0.39 is 21.7 Å². The fourth-order valence-electron chi connectivity index (χ4n) is 0.916. The Kier molecular flexibility index (Phi) is 3.64. The smallest absolute Gasteiger partial charge is 0.356 e. The molecule has 1 heterocycles. The van der Waals surface area contributed by atoms with Crippen LogP contribution in [-0.4, -0.2) is 42.4 Å². The van der Waals surface area contributed by atoms with Crippen LogP contribution in [0.1, 0.15) is 10.5 Å². The standard InChI is InChI=1S/C8H8N2O4S2/c1-3-4-10(2)16(13,14)8-6(7(11)12)9-5-15-8/h1,5H,4H2,2H3,(H,11,12). The van der Waals surface area contributed by atoms with E-state index >= 15 is 0 Å². The molecular weight excluding hydrogens is 252 g/mol. The van der Waals surface area contributed by atoms with Gasteiger partial charge in [0.25, 0.3) is 10.0 Å². The molecular formula is C8H8N2O4S2. The van der Waals surface area contributed by atoms with E-state index in [4.69, 9.17) is 11.5 Å². The number of rotatable bonds is 4. The van der Waals surface area contributed by atoms with Crippen LogP contribution in [0.25, 0.3) is 0 Å². The molecule has 0 saturated carbocycles. The van der Waals surface area contributed by atoms with Crippen molar-refractivity contribution in [3.8, 4) is 12.3 Å². The van der Waals surface area contributed by atoms with Crippen molar-refractivity contribution in [2.45, 2.75) is 4.21 Å². The van der Waals surface area contributed by atoms with E-state index in [0.717, 1.165) is 15.6 Å². The zero-order valence-electron chi connectivity index (χ0n) is 8.24. The fraction of sp³-hybridized carbons (Fsp3) is 0.250. The Balaban J connectivity index is 3.23. The number of hydrogen-bond acceptors (Lipinski definition) is 5. The highest BCUT2D eigenvalue weighted by molar-refractivity contribution is 7.91. The molecule has 0 aliphatic heterocycles. The number of thiazole rings is 1. The number of carboxylic acids is 1. The van der Waals surface area contributed by atoms with Gasteiger partial charge >= 0.3 is 5.97 Å². The number of carboxylic acid groups (broad SMARTS) is 1. The summed E-state index contributed by atoms with van der Waals surface area (Å²) in [4.78, 5) is 14.2. The number of nitrogens with zero attached hydrogens (tertiary/aromatic N) is 2. The van der Waals surface area contributed by atoms with Crippen molar-refractivity contribution in [2.75, 3.05) is 13.6 Å². The van der Waals surface area contributed by atoms with Gasteiger partial charge in [-0.15, -0.1) is 17.8 Å². The van der Waals surface area contributed by atoms with Gasteiger partial charge in [0.15, 0.2) is 9.90 Å². The zero-order valence-corrected chi connectivity index (χ0v) is 9.88. The van der Waals surface area contributed by atoms with Gasteiger partial charge in [0, 0.05) is 7.05 Å². The van der Waals surface area contributed by atoms with Crippen LogP contribution in [0.15, 0.2) is 9.72 Å². The second-order valence-corrected chi connectivity index (χ2v) is 5.85. The monoisotopic (exact) mass is 260 g/mol. The summed E-state index contributed by atoms with van der Waals surface area (Å²) < 4.78 is 24.3.